The third-order valence-electron chi connectivity index (χ3n) is 7.08. The van der Waals surface area contributed by atoms with Gasteiger partial charge >= 0.3 is 23.5 Å². The van der Waals surface area contributed by atoms with E-state index in [1.54, 1.807) is 11.8 Å². The van der Waals surface area contributed by atoms with Crippen LogP contribution < -0.4 is 21.3 Å². The Hall–Kier alpha value is -2.11. The third kappa shape index (κ3) is 15.5. The molecule has 27 heteroatoms. The first-order valence-electron chi connectivity index (χ1n) is 15.6. The summed E-state index contributed by atoms with van der Waals surface area (Å²) >= 11 is 1.66. The maximum atomic E-state index is 12.7. The molecule has 1 saturated heterocycles. The summed E-state index contributed by atoms with van der Waals surface area (Å²) in [7, 11) is -15.0. The van der Waals surface area contributed by atoms with Crippen LogP contribution in [-0.2, 0) is 45.9 Å². The molecule has 53 heavy (non-hydrogen) atoms. The molecule has 10 N–H and O–H groups in total. The van der Waals surface area contributed by atoms with Gasteiger partial charge in [0.05, 0.1) is 13.2 Å². The number of ether oxygens (including phenoxy) is 1. The van der Waals surface area contributed by atoms with Gasteiger partial charge in [-0.15, -0.1) is 0 Å². The lowest BCUT2D eigenvalue weighted by Crippen LogP contribution is -2.46. The van der Waals surface area contributed by atoms with Gasteiger partial charge in [0.25, 0.3) is 0 Å². The van der Waals surface area contributed by atoms with E-state index in [0.717, 1.165) is 11.2 Å². The van der Waals surface area contributed by atoms with Gasteiger partial charge < -0.3 is 55.8 Å². The second-order valence-corrected chi connectivity index (χ2v) is 19.3. The molecular weight excluding hydrogens is 791 g/mol. The summed E-state index contributed by atoms with van der Waals surface area (Å²) in [5.41, 5.74) is 4.15. The average molecular weight is 840 g/mol. The number of phosphoric acid groups is 3. The predicted octanol–water partition coefficient (Wildman–Crippen LogP) is 0.183. The van der Waals surface area contributed by atoms with Crippen LogP contribution in [0.15, 0.2) is 11.3 Å². The van der Waals surface area contributed by atoms with Crippen LogP contribution in [0.3, 0.4) is 0 Å². The number of likely N-dealkylation sites (N-methyl/N-ethyl adjacent to an activating group) is 1. The Balaban J connectivity index is 1.98. The molecule has 304 valence electrons. The molecule has 2 rings (SSSR count). The van der Waals surface area contributed by atoms with Crippen molar-refractivity contribution in [2.45, 2.75) is 76.4 Å². The first-order chi connectivity index (χ1) is 24.2. The Labute approximate surface area is 309 Å². The summed E-state index contributed by atoms with van der Waals surface area (Å²) in [5, 5.41) is 26.5. The van der Waals surface area contributed by atoms with E-state index in [4.69, 9.17) is 19.5 Å². The van der Waals surface area contributed by atoms with E-state index in [-0.39, 0.29) is 40.9 Å². The maximum Gasteiger partial charge on any atom is 0.481 e. The van der Waals surface area contributed by atoms with Crippen LogP contribution in [0, 0.1) is 5.41 Å². The van der Waals surface area contributed by atoms with E-state index in [2.05, 4.69) is 41.1 Å². The van der Waals surface area contributed by atoms with Crippen LogP contribution in [0.5, 0.6) is 0 Å². The lowest BCUT2D eigenvalue weighted by Gasteiger charge is -2.30. The number of nitrogens with two attached hydrogens (primary N) is 1. The lowest BCUT2D eigenvalue weighted by molar-refractivity contribution is -0.137. The average Bonchev–Trinajstić information content (AvgIpc) is 3.32. The maximum absolute atomic E-state index is 12.7. The molecule has 2 heterocycles. The van der Waals surface area contributed by atoms with E-state index in [9.17, 15) is 53.1 Å². The molecule has 7 unspecified atom stereocenters. The van der Waals surface area contributed by atoms with Crippen molar-refractivity contribution in [3.8, 4) is 0 Å². The van der Waals surface area contributed by atoms with Crippen molar-refractivity contribution in [3.05, 3.63) is 6.33 Å². The zero-order valence-electron chi connectivity index (χ0n) is 29.8. The van der Waals surface area contributed by atoms with Gasteiger partial charge in [0, 0.05) is 42.5 Å². The highest BCUT2D eigenvalue weighted by Crippen LogP contribution is 2.61. The van der Waals surface area contributed by atoms with Gasteiger partial charge in [0.15, 0.2) is 17.9 Å². The summed E-state index contributed by atoms with van der Waals surface area (Å²) < 4.78 is 61.0. The Morgan fingerprint density at radius 2 is 1.72 bits per heavy atom. The predicted molar refractivity (Wildman–Crippen MR) is 191 cm³/mol. The van der Waals surface area contributed by atoms with E-state index in [1.165, 1.54) is 20.9 Å². The fraction of sp³-hybridized carbons (Fsp3) is 0.731. The van der Waals surface area contributed by atoms with Crippen molar-refractivity contribution < 1.29 is 75.7 Å². The normalized spacial score (nSPS) is 22.3. The number of nitrogens with zero attached hydrogens (tertiary/aromatic N) is 4. The van der Waals surface area contributed by atoms with Crippen LogP contribution in [0.2, 0.25) is 0 Å². The zero-order valence-corrected chi connectivity index (χ0v) is 33.3. The van der Waals surface area contributed by atoms with Gasteiger partial charge in [-0.25, -0.2) is 23.7 Å². The van der Waals surface area contributed by atoms with Crippen molar-refractivity contribution in [2.24, 2.45) is 10.4 Å². The summed E-state index contributed by atoms with van der Waals surface area (Å²) in [4.78, 5) is 76.3. The molecule has 0 aromatic carbocycles. The summed E-state index contributed by atoms with van der Waals surface area (Å²) in [6.07, 6.45) is -7.92. The molecule has 1 aliphatic rings. The minimum atomic E-state index is -5.56. The first-order valence-corrected chi connectivity index (χ1v) is 21.1. The number of carbonyl (C=O) groups is 2. The van der Waals surface area contributed by atoms with Crippen LogP contribution in [0.25, 0.3) is 0 Å². The summed E-state index contributed by atoms with van der Waals surface area (Å²) in [6, 6.07) is 0. The number of aliphatic hydroxyl groups is 2. The number of nitrogens with one attached hydrogen (secondary N) is 2. The molecular formula is C26H48N7O16P3S. The number of rotatable bonds is 21. The number of carbonyl (C=O) groups excluding carboxylic acids is 2. The smallest absolute Gasteiger partial charge is 0.386 e. The number of aliphatic hydroxyl groups excluding tert-OH is 2. The molecule has 2 amide bonds. The van der Waals surface area contributed by atoms with Crippen LogP contribution in [0.4, 0.5) is 17.3 Å². The van der Waals surface area contributed by atoms with Gasteiger partial charge in [-0.1, -0.05) is 34.6 Å². The Morgan fingerprint density at radius 3 is 2.30 bits per heavy atom. The molecule has 0 radical (unpaired) electrons. The zero-order chi connectivity index (χ0) is 40.6. The van der Waals surface area contributed by atoms with Gasteiger partial charge in [0.1, 0.15) is 36.4 Å². The van der Waals surface area contributed by atoms with Gasteiger partial charge in [-0.05, 0) is 6.72 Å². The Morgan fingerprint density at radius 1 is 1.09 bits per heavy atom. The number of hydrogen-bond donors (Lipinski definition) is 9. The highest BCUT2D eigenvalue weighted by Gasteiger charge is 2.51. The molecule has 1 aromatic heterocycles. The number of phosphoric ester groups is 3. The van der Waals surface area contributed by atoms with E-state index < -0.39 is 78.6 Å². The highest BCUT2D eigenvalue weighted by molar-refractivity contribution is 8.00. The number of aliphatic imine (C=N–C) groups is 1. The molecule has 7 atom stereocenters. The fourth-order valence-electron chi connectivity index (χ4n) is 4.43. The molecule has 1 aliphatic heterocycles. The Kier molecular flexibility index (Phi) is 17.0. The van der Waals surface area contributed by atoms with E-state index >= 15 is 0 Å². The van der Waals surface area contributed by atoms with Crippen molar-refractivity contribution in [1.82, 2.24) is 20.6 Å². The third-order valence-corrected chi connectivity index (χ3v) is 11.5. The molecule has 0 bridgehead atoms. The van der Waals surface area contributed by atoms with E-state index in [0.29, 0.717) is 12.3 Å². The molecule has 0 aliphatic carbocycles. The second-order valence-electron chi connectivity index (χ2n) is 13.1. The van der Waals surface area contributed by atoms with Gasteiger partial charge in [-0.2, -0.15) is 16.1 Å². The second kappa shape index (κ2) is 19.2. The summed E-state index contributed by atoms with van der Waals surface area (Å²) in [6.45, 7) is 10.3. The monoisotopic (exact) mass is 839 g/mol. The molecule has 0 spiro atoms. The number of thioether (sulfide) groups is 1. The van der Waals surface area contributed by atoms with Gasteiger partial charge in [-0.3, -0.25) is 28.2 Å². The van der Waals surface area contributed by atoms with Crippen LogP contribution in [-0.4, -0.2) is 133 Å². The highest BCUT2D eigenvalue weighted by atomic mass is 32.2. The van der Waals surface area contributed by atoms with Crippen molar-refractivity contribution in [3.63, 3.8) is 0 Å². The molecule has 0 saturated carbocycles. The van der Waals surface area contributed by atoms with E-state index in [1.807, 2.05) is 20.8 Å². The van der Waals surface area contributed by atoms with Gasteiger partial charge in [0.2, 0.25) is 11.8 Å². The van der Waals surface area contributed by atoms with Crippen LogP contribution >= 0.6 is 35.2 Å². The van der Waals surface area contributed by atoms with Crippen molar-refractivity contribution in [2.75, 3.05) is 49.7 Å². The number of aromatic nitrogens is 2. The Bertz CT molecular complexity index is 1580. The SMILES string of the molecule is C=Nc1c(N)ncnc1N(C)C1OC(COP(=O)(O)OP(=O)(O)OCC(C)(C)C(O)C(=O)NCCC(=O)NCCSC(C)(C)C)C(OP(=O)(O)O)C1O. The fourth-order valence-corrected chi connectivity index (χ4v) is 8.08. The lowest BCUT2D eigenvalue weighted by atomic mass is 9.87. The quantitative estimate of drug-likeness (QED) is 0.0453. The van der Waals surface area contributed by atoms with Crippen LogP contribution in [0.1, 0.15) is 41.0 Å². The largest absolute Gasteiger partial charge is 0.481 e. The van der Waals surface area contributed by atoms with Crippen molar-refractivity contribution in [1.29, 1.82) is 0 Å². The minimum Gasteiger partial charge on any atom is -0.386 e. The standard InChI is InChI=1S/C26H48N7O16P3S/c1-25(2,3)53-11-10-29-16(34)8-9-30-23(37)20(36)26(4,5)13-46-52(43,44)49-51(41,42)45-12-15-19(48-50(38,39)40)18(35)24(47-15)33(7)22-17(28-6)21(27)31-14-32-22/h14-15,18-20,24,35-36H,6,8-13H2,1-5,7H3,(H,29,34)(H,30,37)(H,41,42)(H,43,44)(H2,27,31,32)(H2,38,39,40). The van der Waals surface area contributed by atoms with Crippen molar-refractivity contribution >= 4 is 71.1 Å². The molecule has 23 nitrogen and oxygen atoms in total. The molecule has 1 fully saturated rings. The number of anilines is 2. The minimum absolute atomic E-state index is 0.0365. The summed E-state index contributed by atoms with van der Waals surface area (Å²) in [5.74, 6) is -0.729. The number of nitrogen functional groups attached to an aromatic ring is 1. The molecule has 1 aromatic rings. The topological polar surface area (TPSA) is 344 Å². The first kappa shape index (κ1) is 47.0. The number of hydrogen-bond acceptors (Lipinski definition) is 18. The number of amides is 2.